The number of rotatable bonds is 4. The van der Waals surface area contributed by atoms with E-state index in [1.807, 2.05) is 19.1 Å². The van der Waals surface area contributed by atoms with Crippen LogP contribution in [0, 0.1) is 0 Å². The predicted molar refractivity (Wildman–Crippen MR) is 85.7 cm³/mol. The number of nitrogens with zero attached hydrogens (tertiary/aromatic N) is 1. The fraction of sp³-hybridized carbons (Fsp3) is 0.200. The quantitative estimate of drug-likeness (QED) is 0.846. The number of hydrogen-bond acceptors (Lipinski definition) is 3. The molecule has 21 heavy (non-hydrogen) atoms. The molecule has 0 radical (unpaired) electrons. The number of carbonyl (C=O) groups is 1. The van der Waals surface area contributed by atoms with Crippen molar-refractivity contribution in [2.75, 3.05) is 5.73 Å². The first-order valence-corrected chi connectivity index (χ1v) is 7.24. The van der Waals surface area contributed by atoms with Crippen molar-refractivity contribution >= 4 is 34.8 Å². The van der Waals surface area contributed by atoms with E-state index in [2.05, 4.69) is 10.3 Å². The molecule has 6 heteroatoms. The molecule has 0 atom stereocenters. The third-order valence-corrected chi connectivity index (χ3v) is 3.75. The van der Waals surface area contributed by atoms with E-state index >= 15 is 0 Å². The average Bonchev–Trinajstić information content (AvgIpc) is 2.49. The first-order chi connectivity index (χ1) is 10.0. The number of nitrogen functional groups attached to an aromatic ring is 1. The molecule has 110 valence electrons. The Hall–Kier alpha value is -1.78. The third-order valence-electron chi connectivity index (χ3n) is 3.12. The lowest BCUT2D eigenvalue weighted by atomic mass is 10.1. The summed E-state index contributed by atoms with van der Waals surface area (Å²) in [6, 6.07) is 6.86. The molecule has 0 saturated heterocycles. The number of aryl methyl sites for hydroxylation is 1. The smallest absolute Gasteiger partial charge is 0.251 e. The summed E-state index contributed by atoms with van der Waals surface area (Å²) < 4.78 is 0. The van der Waals surface area contributed by atoms with Crippen LogP contribution in [-0.4, -0.2) is 10.9 Å². The van der Waals surface area contributed by atoms with Gasteiger partial charge < -0.3 is 11.1 Å². The Morgan fingerprint density at radius 2 is 2.00 bits per heavy atom. The van der Waals surface area contributed by atoms with Crippen molar-refractivity contribution in [3.63, 3.8) is 0 Å². The average molecular weight is 324 g/mol. The Labute approximate surface area is 133 Å². The molecular formula is C15H15Cl2N3O. The van der Waals surface area contributed by atoms with Crippen molar-refractivity contribution in [1.29, 1.82) is 0 Å². The number of halogens is 2. The van der Waals surface area contributed by atoms with E-state index in [-0.39, 0.29) is 21.6 Å². The number of hydrogen-bond donors (Lipinski definition) is 2. The monoisotopic (exact) mass is 323 g/mol. The fourth-order valence-corrected chi connectivity index (χ4v) is 2.42. The van der Waals surface area contributed by atoms with Crippen molar-refractivity contribution in [1.82, 2.24) is 10.3 Å². The minimum atomic E-state index is -0.272. The zero-order valence-corrected chi connectivity index (χ0v) is 13.0. The highest BCUT2D eigenvalue weighted by atomic mass is 35.5. The zero-order chi connectivity index (χ0) is 15.4. The van der Waals surface area contributed by atoms with Gasteiger partial charge >= 0.3 is 0 Å². The Balaban J connectivity index is 2.12. The van der Waals surface area contributed by atoms with Crippen molar-refractivity contribution in [2.24, 2.45) is 0 Å². The lowest BCUT2D eigenvalue weighted by Crippen LogP contribution is -2.24. The van der Waals surface area contributed by atoms with Gasteiger partial charge in [0.2, 0.25) is 0 Å². The van der Waals surface area contributed by atoms with Gasteiger partial charge in [0.05, 0.1) is 28.0 Å². The van der Waals surface area contributed by atoms with Gasteiger partial charge in [-0.05, 0) is 30.2 Å². The second-order valence-electron chi connectivity index (χ2n) is 4.50. The molecule has 1 amide bonds. The Morgan fingerprint density at radius 1 is 1.33 bits per heavy atom. The molecule has 2 rings (SSSR count). The largest absolute Gasteiger partial charge is 0.396 e. The van der Waals surface area contributed by atoms with Crippen LogP contribution in [0.3, 0.4) is 0 Å². The summed E-state index contributed by atoms with van der Waals surface area (Å²) in [7, 11) is 0. The van der Waals surface area contributed by atoms with Crippen LogP contribution >= 0.6 is 23.2 Å². The van der Waals surface area contributed by atoms with Crippen LogP contribution in [0.4, 0.5) is 5.69 Å². The summed E-state index contributed by atoms with van der Waals surface area (Å²) in [5.41, 5.74) is 8.24. The van der Waals surface area contributed by atoms with Crippen LogP contribution in [0.25, 0.3) is 0 Å². The normalized spacial score (nSPS) is 10.4. The van der Waals surface area contributed by atoms with Gasteiger partial charge in [0.25, 0.3) is 5.91 Å². The SMILES string of the molecule is CCc1cccnc1CNC(=O)c1cc(Cl)c(N)c(Cl)c1. The summed E-state index contributed by atoms with van der Waals surface area (Å²) in [6.45, 7) is 2.39. The molecule has 1 aromatic carbocycles. The molecule has 0 saturated carbocycles. The molecule has 0 unspecified atom stereocenters. The van der Waals surface area contributed by atoms with Crippen LogP contribution in [-0.2, 0) is 13.0 Å². The van der Waals surface area contributed by atoms with Gasteiger partial charge in [0.1, 0.15) is 0 Å². The number of carbonyl (C=O) groups excluding carboxylic acids is 1. The second-order valence-corrected chi connectivity index (χ2v) is 5.31. The molecular weight excluding hydrogens is 309 g/mol. The number of amides is 1. The van der Waals surface area contributed by atoms with Crippen molar-refractivity contribution in [3.8, 4) is 0 Å². The molecule has 2 aromatic rings. The standard InChI is InChI=1S/C15H15Cl2N3O/c1-2-9-4-3-5-19-13(9)8-20-15(21)10-6-11(16)14(18)12(17)7-10/h3-7H,2,8,18H2,1H3,(H,20,21). The Kier molecular flexibility index (Phi) is 5.04. The van der Waals surface area contributed by atoms with Gasteiger partial charge in [-0.1, -0.05) is 36.2 Å². The van der Waals surface area contributed by atoms with Crippen LogP contribution in [0.1, 0.15) is 28.5 Å². The first-order valence-electron chi connectivity index (χ1n) is 6.48. The van der Waals surface area contributed by atoms with Gasteiger partial charge in [-0.15, -0.1) is 0 Å². The lowest BCUT2D eigenvalue weighted by Gasteiger charge is -2.09. The van der Waals surface area contributed by atoms with Crippen LogP contribution in [0.2, 0.25) is 10.0 Å². The summed E-state index contributed by atoms with van der Waals surface area (Å²) in [4.78, 5) is 16.4. The highest BCUT2D eigenvalue weighted by Crippen LogP contribution is 2.28. The third kappa shape index (κ3) is 3.65. The number of nitrogens with two attached hydrogens (primary N) is 1. The Bertz CT molecular complexity index is 651. The van der Waals surface area contributed by atoms with Crippen molar-refractivity contribution in [2.45, 2.75) is 19.9 Å². The summed E-state index contributed by atoms with van der Waals surface area (Å²) in [5, 5.41) is 3.33. The molecule has 0 fully saturated rings. The van der Waals surface area contributed by atoms with Crippen molar-refractivity contribution < 1.29 is 4.79 Å². The van der Waals surface area contributed by atoms with Crippen molar-refractivity contribution in [3.05, 3.63) is 57.3 Å². The zero-order valence-electron chi connectivity index (χ0n) is 11.5. The minimum Gasteiger partial charge on any atom is -0.396 e. The molecule has 1 heterocycles. The lowest BCUT2D eigenvalue weighted by molar-refractivity contribution is 0.0950. The minimum absolute atomic E-state index is 0.264. The highest BCUT2D eigenvalue weighted by molar-refractivity contribution is 6.39. The first kappa shape index (κ1) is 15.6. The fourth-order valence-electron chi connectivity index (χ4n) is 1.93. The van der Waals surface area contributed by atoms with Gasteiger partial charge in [-0.2, -0.15) is 0 Å². The van der Waals surface area contributed by atoms with Gasteiger partial charge in [-0.3, -0.25) is 9.78 Å². The molecule has 0 aliphatic heterocycles. The number of anilines is 1. The molecule has 4 nitrogen and oxygen atoms in total. The number of aromatic nitrogens is 1. The Morgan fingerprint density at radius 3 is 2.62 bits per heavy atom. The van der Waals surface area contributed by atoms with Gasteiger partial charge in [0.15, 0.2) is 0 Å². The van der Waals surface area contributed by atoms with Crippen LogP contribution < -0.4 is 11.1 Å². The van der Waals surface area contributed by atoms with E-state index in [1.54, 1.807) is 6.20 Å². The van der Waals surface area contributed by atoms with E-state index < -0.39 is 0 Å². The summed E-state index contributed by atoms with van der Waals surface area (Å²) in [5.74, 6) is -0.272. The van der Waals surface area contributed by atoms with E-state index in [0.29, 0.717) is 12.1 Å². The molecule has 0 spiro atoms. The molecule has 0 aliphatic rings. The number of pyridine rings is 1. The van der Waals surface area contributed by atoms with Crippen LogP contribution in [0.15, 0.2) is 30.5 Å². The van der Waals surface area contributed by atoms with Gasteiger partial charge in [-0.25, -0.2) is 0 Å². The highest BCUT2D eigenvalue weighted by Gasteiger charge is 2.12. The molecule has 3 N–H and O–H groups in total. The van der Waals surface area contributed by atoms with E-state index in [4.69, 9.17) is 28.9 Å². The maximum absolute atomic E-state index is 12.1. The van der Waals surface area contributed by atoms with E-state index in [0.717, 1.165) is 17.7 Å². The topological polar surface area (TPSA) is 68.0 Å². The maximum Gasteiger partial charge on any atom is 0.251 e. The molecule has 0 bridgehead atoms. The summed E-state index contributed by atoms with van der Waals surface area (Å²) in [6.07, 6.45) is 2.57. The predicted octanol–water partition coefficient (Wildman–Crippen LogP) is 3.46. The second kappa shape index (κ2) is 6.78. The molecule has 1 aromatic heterocycles. The maximum atomic E-state index is 12.1. The van der Waals surface area contributed by atoms with E-state index in [9.17, 15) is 4.79 Å². The van der Waals surface area contributed by atoms with Gasteiger partial charge in [0, 0.05) is 11.8 Å². The van der Waals surface area contributed by atoms with E-state index in [1.165, 1.54) is 12.1 Å². The molecule has 0 aliphatic carbocycles. The summed E-state index contributed by atoms with van der Waals surface area (Å²) >= 11 is 11.9. The van der Waals surface area contributed by atoms with Crippen LogP contribution in [0.5, 0.6) is 0 Å². The number of nitrogens with one attached hydrogen (secondary N) is 1. The number of benzene rings is 1.